The summed E-state index contributed by atoms with van der Waals surface area (Å²) in [5.74, 6) is 3.28. The van der Waals surface area contributed by atoms with Gasteiger partial charge in [0, 0.05) is 125 Å². The van der Waals surface area contributed by atoms with Gasteiger partial charge >= 0.3 is 0 Å². The first-order valence-electron chi connectivity index (χ1n) is 49.1. The van der Waals surface area contributed by atoms with Crippen molar-refractivity contribution in [3.8, 4) is 67.5 Å². The number of carbonyl (C=O) groups is 4. The molecule has 0 amide bonds. The van der Waals surface area contributed by atoms with Crippen LogP contribution in [0.4, 0.5) is 0 Å². The lowest BCUT2D eigenvalue weighted by atomic mass is 9.82. The van der Waals surface area contributed by atoms with Crippen molar-refractivity contribution in [3.63, 3.8) is 0 Å². The number of Topliss-reactive ketones (excluding diaryl/α,β-unsaturated/α-hetero) is 4. The van der Waals surface area contributed by atoms with Crippen LogP contribution >= 0.6 is 0 Å². The molecule has 6 aliphatic rings. The van der Waals surface area contributed by atoms with E-state index in [0.29, 0.717) is 39.6 Å². The zero-order valence-corrected chi connectivity index (χ0v) is 85.9. The Hall–Kier alpha value is -13.1. The highest BCUT2D eigenvalue weighted by molar-refractivity contribution is 7.90. The Morgan fingerprint density at radius 3 is 1.04 bits per heavy atom. The Morgan fingerprint density at radius 1 is 0.352 bits per heavy atom. The number of nitrogens with zero attached hydrogens (tertiary/aromatic N) is 5. The Bertz CT molecular complexity index is 7990. The topological polar surface area (TPSA) is 240 Å². The molecule has 4 aromatic heterocycles. The van der Waals surface area contributed by atoms with E-state index >= 15 is 0 Å². The van der Waals surface area contributed by atoms with Gasteiger partial charge in [0.1, 0.15) is 47.4 Å². The van der Waals surface area contributed by atoms with Crippen LogP contribution in [0.25, 0.3) is 131 Å². The molecule has 0 fully saturated rings. The molecule has 0 unspecified atom stereocenters. The Kier molecular flexibility index (Phi) is 26.1. The molecule has 16 aromatic rings. The Balaban J connectivity index is 0.000000120. The van der Waals surface area contributed by atoms with Crippen LogP contribution in [0.3, 0.4) is 0 Å². The zero-order valence-electron chi connectivity index (χ0n) is 85.0. The van der Waals surface area contributed by atoms with E-state index in [-0.39, 0.29) is 28.0 Å². The molecule has 0 bridgehead atoms. The molecule has 142 heavy (non-hydrogen) atoms. The van der Waals surface area contributed by atoms with Crippen molar-refractivity contribution in [3.05, 3.63) is 278 Å². The number of aromatic nitrogens is 4. The number of ether oxygens (including phenoxy) is 9. The normalized spacial score (nSPS) is 15.2. The number of sulfone groups is 1. The fraction of sp³-hybridized carbons (Fsp3) is 0.339. The average molecular weight is 1920 g/mol. The minimum absolute atomic E-state index is 0.00650. The smallest absolute Gasteiger partial charge is 0.175 e. The van der Waals surface area contributed by atoms with E-state index in [4.69, 9.17) is 62.6 Å². The van der Waals surface area contributed by atoms with Gasteiger partial charge in [-0.05, 0) is 361 Å². The van der Waals surface area contributed by atoms with Crippen molar-refractivity contribution >= 4 is 120 Å². The molecule has 6 aliphatic heterocycles. The second kappa shape index (κ2) is 38.0. The van der Waals surface area contributed by atoms with Crippen LogP contribution in [0.1, 0.15) is 219 Å². The van der Waals surface area contributed by atoms with Crippen molar-refractivity contribution in [2.24, 2.45) is 0 Å². The molecule has 0 saturated carbocycles. The van der Waals surface area contributed by atoms with Gasteiger partial charge in [-0.15, -0.1) is 0 Å². The number of aryl methyl sites for hydroxylation is 2. The second-order valence-corrected chi connectivity index (χ2v) is 44.5. The van der Waals surface area contributed by atoms with Crippen molar-refractivity contribution < 1.29 is 70.2 Å². The fourth-order valence-electron chi connectivity index (χ4n) is 21.9. The first kappa shape index (κ1) is 97.7. The minimum Gasteiger partial charge on any atom is -0.493 e. The van der Waals surface area contributed by atoms with E-state index in [1.165, 1.54) is 50.4 Å². The highest BCUT2D eigenvalue weighted by atomic mass is 32.2. The van der Waals surface area contributed by atoms with Crippen molar-refractivity contribution in [1.29, 1.82) is 0 Å². The van der Waals surface area contributed by atoms with Crippen LogP contribution in [-0.4, -0.2) is 119 Å². The third-order valence-corrected chi connectivity index (χ3v) is 28.8. The Labute approximate surface area is 830 Å². The van der Waals surface area contributed by atoms with Gasteiger partial charge in [0.15, 0.2) is 33.0 Å². The molecular formula is C121H123N5O15S. The molecule has 0 spiro atoms. The first-order chi connectivity index (χ1) is 67.6. The van der Waals surface area contributed by atoms with E-state index in [1.807, 2.05) is 163 Å². The molecule has 22 rings (SSSR count). The Morgan fingerprint density at radius 2 is 0.669 bits per heavy atom. The monoisotopic (exact) mass is 1920 g/mol. The lowest BCUT2D eigenvalue weighted by Crippen LogP contribution is -2.27. The molecule has 0 N–H and O–H groups in total. The lowest BCUT2D eigenvalue weighted by molar-refractivity contribution is -0.139. The van der Waals surface area contributed by atoms with Crippen LogP contribution in [0, 0.1) is 20.8 Å². The predicted octanol–water partition coefficient (Wildman–Crippen LogP) is 26.0. The number of hydrogen-bond acceptors (Lipinski definition) is 20. The summed E-state index contributed by atoms with van der Waals surface area (Å²) < 4.78 is 80.4. The number of fused-ring (bicyclic) bond motifs is 8. The summed E-state index contributed by atoms with van der Waals surface area (Å²) in [5.41, 5.74) is 25.5. The van der Waals surface area contributed by atoms with Crippen molar-refractivity contribution in [1.82, 2.24) is 24.8 Å². The number of benzene rings is 12. The third kappa shape index (κ3) is 18.6. The summed E-state index contributed by atoms with van der Waals surface area (Å²) in [5, 5.41) is 12.6. The number of hydrogen-bond donors (Lipinski definition) is 0. The summed E-state index contributed by atoms with van der Waals surface area (Å²) >= 11 is 0. The quantitative estimate of drug-likeness (QED) is 0.0823. The summed E-state index contributed by atoms with van der Waals surface area (Å²) in [6.07, 6.45) is 9.15. The van der Waals surface area contributed by atoms with Crippen LogP contribution in [-0.2, 0) is 105 Å². The predicted molar refractivity (Wildman–Crippen MR) is 564 cm³/mol. The maximum Gasteiger partial charge on any atom is 0.175 e. The maximum atomic E-state index is 13.3. The van der Waals surface area contributed by atoms with Gasteiger partial charge in [-0.1, -0.05) is 84.9 Å². The van der Waals surface area contributed by atoms with Gasteiger partial charge in [0.25, 0.3) is 0 Å². The molecular weight excluding hydrogens is 1800 g/mol. The summed E-state index contributed by atoms with van der Waals surface area (Å²) in [4.78, 5) is 74.5. The van der Waals surface area contributed by atoms with Crippen LogP contribution in [0.15, 0.2) is 200 Å². The fourth-order valence-corrected chi connectivity index (χ4v) is 22.5. The van der Waals surface area contributed by atoms with Gasteiger partial charge < -0.3 is 42.6 Å². The van der Waals surface area contributed by atoms with Gasteiger partial charge in [0.05, 0.1) is 89.0 Å². The standard InChI is InChI=1S/C31H32N2O3.C30H31NO5S.C30H29NO4.C30H31NO3/c1-18(34)30(36-31(2,3)4)28-24-17-33(5)16-23(24)20-8-6-7-9-21(20)27(28)22-10-11-25-26-19(13-15-35-25)12-14-32-29(22)26;1-17-15-20-16-21(37(6,33)34)7-8-22(20)27(25(17)29(18(2)32)36-30(3,4)5)23-9-10-24-26-19(12-14-35-24)11-13-31-28(23)26;1-17(32)29(35-30(2,3)4)27-23-16-33-15-22(23)19-7-5-6-8-20(19)26(27)21-9-10-24-25-18(12-14-34-24)11-13-31-28(21)25;1-17-18(2)25(29(19(3)32)34-30(4,5)6)27(22-10-8-7-9-21(17)22)23-11-12-24-26-20(14-16-33-24)13-15-31-28(23)26/h6-12,14,30H,13,15-17H2,1-5H3;7-11,13,15-16,29H,12,14H2,1-6H3;5-11,13,29H,12,14-16H2,1-4H3;7-13,15,29H,14,16H2,1-6H3/t30-;3*29-/m1111/s1. The number of pyridine rings is 4. The summed E-state index contributed by atoms with van der Waals surface area (Å²) in [6, 6.07) is 57.1. The van der Waals surface area contributed by atoms with E-state index in [0.717, 1.165) is 232 Å². The van der Waals surface area contributed by atoms with Crippen LogP contribution in [0.2, 0.25) is 0 Å². The number of ketones is 4. The highest BCUT2D eigenvalue weighted by Gasteiger charge is 2.41. The highest BCUT2D eigenvalue weighted by Crippen LogP contribution is 2.55. The molecule has 728 valence electrons. The molecule has 21 heteroatoms. The van der Waals surface area contributed by atoms with E-state index in [1.54, 1.807) is 39.8 Å². The second-order valence-electron chi connectivity index (χ2n) is 42.5. The molecule has 4 atom stereocenters. The number of rotatable bonds is 17. The van der Waals surface area contributed by atoms with Crippen molar-refractivity contribution in [2.75, 3.05) is 39.7 Å². The third-order valence-electron chi connectivity index (χ3n) is 27.7. The first-order valence-corrected chi connectivity index (χ1v) is 51.0. The molecule has 0 radical (unpaired) electrons. The largest absolute Gasteiger partial charge is 0.493 e. The molecule has 20 nitrogen and oxygen atoms in total. The molecule has 10 heterocycles. The molecule has 0 saturated heterocycles. The van der Waals surface area contributed by atoms with Gasteiger partial charge in [0.2, 0.25) is 0 Å². The number of carbonyl (C=O) groups excluding carboxylic acids is 4. The molecule has 12 aromatic carbocycles. The maximum absolute atomic E-state index is 13.3. The summed E-state index contributed by atoms with van der Waals surface area (Å²) in [6.45, 7) is 41.6. The molecule has 0 aliphatic carbocycles. The lowest BCUT2D eigenvalue weighted by Gasteiger charge is -2.31. The minimum atomic E-state index is -3.40. The summed E-state index contributed by atoms with van der Waals surface area (Å²) in [7, 11) is -1.27. The van der Waals surface area contributed by atoms with Crippen LogP contribution in [0.5, 0.6) is 23.0 Å². The van der Waals surface area contributed by atoms with Gasteiger partial charge in [-0.2, -0.15) is 0 Å². The van der Waals surface area contributed by atoms with Gasteiger partial charge in [-0.3, -0.25) is 44.0 Å². The van der Waals surface area contributed by atoms with E-state index in [9.17, 15) is 27.6 Å². The van der Waals surface area contributed by atoms with Gasteiger partial charge in [-0.25, -0.2) is 8.42 Å². The SMILES string of the molecule is CC(=O)[C@@H](OC(C)(C)C)c1c(C)c(C)c2ccccc2c1-c1ccc2c3c(ccnc13)CCO2.CC(=O)[C@@H](OC(C)(C)C)c1c(C)cc2cc(S(C)(=O)=O)ccc2c1-c1ccc2c3c(ccnc13)CCO2.CC(=O)[C@@H](OC(C)(C)C)c1c2c(c3ccccc3c1-c1ccc3c4c(ccnc14)CCO3)CN(C)C2.CC(=O)[C@@H](OC(C)(C)C)c1c2c(c3ccccc3c1-c1ccc3c4c(ccnc14)CCO3)COC2. The average Bonchev–Trinajstić information content (AvgIpc) is 1.41. The zero-order chi connectivity index (χ0) is 100. The van der Waals surface area contributed by atoms with Crippen LogP contribution < -0.4 is 18.9 Å². The van der Waals surface area contributed by atoms with E-state index < -0.39 is 56.7 Å². The van der Waals surface area contributed by atoms with E-state index in [2.05, 4.69) is 135 Å². The van der Waals surface area contributed by atoms with Crippen molar-refractivity contribution in [2.45, 2.75) is 235 Å².